The number of ether oxygens (including phenoxy) is 4. The molecule has 1 aliphatic rings. The van der Waals surface area contributed by atoms with Crippen LogP contribution < -0.4 is 30.2 Å². The molecule has 0 unspecified atom stereocenters. The van der Waals surface area contributed by atoms with E-state index in [1.165, 1.54) is 50.5 Å². The molecule has 272 valence electrons. The van der Waals surface area contributed by atoms with Gasteiger partial charge in [0.25, 0.3) is 11.8 Å². The van der Waals surface area contributed by atoms with E-state index in [0.717, 1.165) is 47.4 Å². The molecule has 3 aromatic carbocycles. The number of aryl methyl sites for hydroxylation is 1. The fraction of sp³-hybridized carbons (Fsp3) is 0.282. The van der Waals surface area contributed by atoms with E-state index >= 15 is 0 Å². The average Bonchev–Trinajstić information content (AvgIpc) is 3.32. The predicted octanol–water partition coefficient (Wildman–Crippen LogP) is 7.36. The Morgan fingerprint density at radius 3 is 2.27 bits per heavy atom. The first-order valence-corrected chi connectivity index (χ1v) is 18.6. The number of fused-ring (bicyclic) bond motifs is 1. The van der Waals surface area contributed by atoms with Crippen molar-refractivity contribution in [2.75, 3.05) is 44.3 Å². The Hall–Kier alpha value is -5.27. The Balaban J connectivity index is 1.32. The summed E-state index contributed by atoms with van der Waals surface area (Å²) in [6, 6.07) is 18.9. The van der Waals surface area contributed by atoms with Gasteiger partial charge in [0.05, 0.1) is 39.3 Å². The molecule has 0 saturated carbocycles. The second-order valence-electron chi connectivity index (χ2n) is 11.6. The number of hydrogen-bond acceptors (Lipinski definition) is 10. The van der Waals surface area contributed by atoms with Crippen molar-refractivity contribution in [3.05, 3.63) is 99.6 Å². The monoisotopic (exact) mass is 743 g/mol. The van der Waals surface area contributed by atoms with Gasteiger partial charge in [0, 0.05) is 21.0 Å². The van der Waals surface area contributed by atoms with Gasteiger partial charge in [0.15, 0.2) is 11.5 Å². The lowest BCUT2D eigenvalue weighted by atomic mass is 10.1. The van der Waals surface area contributed by atoms with E-state index in [1.54, 1.807) is 67.6 Å². The van der Waals surface area contributed by atoms with Crippen LogP contribution in [0.3, 0.4) is 0 Å². The molecule has 4 aromatic rings. The molecule has 3 N–H and O–H groups in total. The van der Waals surface area contributed by atoms with Crippen molar-refractivity contribution >= 4 is 63.6 Å². The number of methoxy groups -OCH3 is 3. The maximum Gasteiger partial charge on any atom is 0.341 e. The molecule has 1 heterocycles. The third-order valence-electron chi connectivity index (χ3n) is 8.14. The number of esters is 1. The molecule has 3 amide bonds. The van der Waals surface area contributed by atoms with Gasteiger partial charge in [-0.25, -0.2) is 4.79 Å². The fourth-order valence-corrected chi connectivity index (χ4v) is 7.77. The van der Waals surface area contributed by atoms with E-state index in [9.17, 15) is 19.2 Å². The van der Waals surface area contributed by atoms with E-state index in [1.807, 2.05) is 6.07 Å². The summed E-state index contributed by atoms with van der Waals surface area (Å²) >= 11 is 2.74. The third kappa shape index (κ3) is 9.53. The Bertz CT molecular complexity index is 1930. The van der Waals surface area contributed by atoms with Gasteiger partial charge in [-0.3, -0.25) is 14.4 Å². The zero-order chi connectivity index (χ0) is 37.0. The summed E-state index contributed by atoms with van der Waals surface area (Å²) in [6.45, 7) is 2.02. The minimum Gasteiger partial charge on any atom is -0.493 e. The lowest BCUT2D eigenvalue weighted by Gasteiger charge is -2.15. The van der Waals surface area contributed by atoms with Crippen molar-refractivity contribution < 1.29 is 38.1 Å². The molecule has 1 aromatic heterocycles. The molecular weight excluding hydrogens is 703 g/mol. The van der Waals surface area contributed by atoms with Crippen LogP contribution in [-0.4, -0.2) is 57.4 Å². The van der Waals surface area contributed by atoms with Gasteiger partial charge in [-0.1, -0.05) is 30.7 Å². The molecule has 52 heavy (non-hydrogen) atoms. The number of amides is 3. The van der Waals surface area contributed by atoms with Gasteiger partial charge in [-0.05, 0) is 92.3 Å². The molecule has 13 heteroatoms. The number of benzene rings is 3. The zero-order valence-corrected chi connectivity index (χ0v) is 31.1. The number of nitrogens with one attached hydrogen (secondary N) is 3. The van der Waals surface area contributed by atoms with Crippen LogP contribution in [0.5, 0.6) is 17.2 Å². The molecule has 0 atom stereocenters. The highest BCUT2D eigenvalue weighted by molar-refractivity contribution is 8.00. The minimum atomic E-state index is -0.582. The Morgan fingerprint density at radius 2 is 1.58 bits per heavy atom. The van der Waals surface area contributed by atoms with Gasteiger partial charge in [-0.15, -0.1) is 23.1 Å². The van der Waals surface area contributed by atoms with E-state index < -0.39 is 17.8 Å². The van der Waals surface area contributed by atoms with Crippen molar-refractivity contribution in [3.8, 4) is 17.2 Å². The summed E-state index contributed by atoms with van der Waals surface area (Å²) in [5.41, 5.74) is 2.76. The van der Waals surface area contributed by atoms with E-state index in [4.69, 9.17) is 18.9 Å². The number of rotatable bonds is 14. The van der Waals surface area contributed by atoms with Crippen LogP contribution >= 0.6 is 23.1 Å². The summed E-state index contributed by atoms with van der Waals surface area (Å²) < 4.78 is 21.7. The minimum absolute atomic E-state index is 0.0349. The first-order chi connectivity index (χ1) is 25.2. The van der Waals surface area contributed by atoms with Gasteiger partial charge < -0.3 is 34.9 Å². The predicted molar refractivity (Wildman–Crippen MR) is 204 cm³/mol. The van der Waals surface area contributed by atoms with Crippen LogP contribution in [0.2, 0.25) is 0 Å². The van der Waals surface area contributed by atoms with Crippen LogP contribution in [-0.2, 0) is 27.2 Å². The summed E-state index contributed by atoms with van der Waals surface area (Å²) in [6.07, 6.45) is 6.33. The molecule has 11 nitrogen and oxygen atoms in total. The van der Waals surface area contributed by atoms with E-state index in [2.05, 4.69) is 16.0 Å². The lowest BCUT2D eigenvalue weighted by Crippen LogP contribution is -2.30. The molecule has 0 saturated heterocycles. The Kier molecular flexibility index (Phi) is 13.4. The summed E-state index contributed by atoms with van der Waals surface area (Å²) in [7, 11) is 4.47. The normalized spacial score (nSPS) is 12.5. The number of hydrogen-bond donors (Lipinski definition) is 3. The Morgan fingerprint density at radius 1 is 0.846 bits per heavy atom. The Labute approximate surface area is 311 Å². The van der Waals surface area contributed by atoms with Crippen LogP contribution in [0, 0.1) is 0 Å². The molecule has 5 rings (SSSR count). The third-order valence-corrected chi connectivity index (χ3v) is 10.3. The summed E-state index contributed by atoms with van der Waals surface area (Å²) in [4.78, 5) is 54.8. The molecule has 0 bridgehead atoms. The van der Waals surface area contributed by atoms with Crippen molar-refractivity contribution in [1.29, 1.82) is 0 Å². The zero-order valence-electron chi connectivity index (χ0n) is 29.5. The van der Waals surface area contributed by atoms with Crippen molar-refractivity contribution in [3.63, 3.8) is 0 Å². The van der Waals surface area contributed by atoms with E-state index in [-0.39, 0.29) is 24.0 Å². The second-order valence-corrected chi connectivity index (χ2v) is 13.8. The van der Waals surface area contributed by atoms with Gasteiger partial charge in [0.2, 0.25) is 11.7 Å². The molecular formula is C39H41N3O8S2. The van der Waals surface area contributed by atoms with Gasteiger partial charge >= 0.3 is 5.97 Å². The first kappa shape index (κ1) is 38.0. The SMILES string of the molecule is CCOC(=O)c1c(NC(=O)CSc2cccc(NC(=O)/C(=C\c3cc(OC)c(OC)c(OC)c3)NC(=O)c3ccccc3)c2)sc2c1CCCCC2. The first-order valence-electron chi connectivity index (χ1n) is 16.8. The maximum atomic E-state index is 13.7. The van der Waals surface area contributed by atoms with E-state index in [0.29, 0.717) is 44.6 Å². The molecule has 1 aliphatic carbocycles. The molecule has 0 aliphatic heterocycles. The second kappa shape index (κ2) is 18.3. The number of carbonyl (C=O) groups is 4. The molecule has 0 spiro atoms. The highest BCUT2D eigenvalue weighted by Gasteiger charge is 2.27. The number of thioether (sulfide) groups is 1. The lowest BCUT2D eigenvalue weighted by molar-refractivity contribution is -0.114. The highest BCUT2D eigenvalue weighted by atomic mass is 32.2. The number of thiophene rings is 1. The highest BCUT2D eigenvalue weighted by Crippen LogP contribution is 2.40. The number of carbonyl (C=O) groups excluding carboxylic acids is 4. The molecule has 0 radical (unpaired) electrons. The van der Waals surface area contributed by atoms with Crippen LogP contribution in [0.1, 0.15) is 62.9 Å². The van der Waals surface area contributed by atoms with Crippen molar-refractivity contribution in [1.82, 2.24) is 5.32 Å². The topological polar surface area (TPSA) is 141 Å². The molecule has 0 fully saturated rings. The quantitative estimate of drug-likeness (QED) is 0.0523. The van der Waals surface area contributed by atoms with Crippen molar-refractivity contribution in [2.24, 2.45) is 0 Å². The van der Waals surface area contributed by atoms with Crippen LogP contribution in [0.4, 0.5) is 10.7 Å². The van der Waals surface area contributed by atoms with Gasteiger partial charge in [0.1, 0.15) is 10.7 Å². The van der Waals surface area contributed by atoms with Crippen molar-refractivity contribution in [2.45, 2.75) is 43.9 Å². The standard InChI is InChI=1S/C39H41N3O8S2/c1-5-50-39(46)34-28-17-10-7-11-18-32(28)52-38(34)42-33(43)23-51-27-16-12-15-26(22-27)40-37(45)29(41-36(44)25-13-8-6-9-14-25)19-24-20-30(47-2)35(49-4)31(21-24)48-3/h6,8-9,12-16,19-22H,5,7,10-11,17-18,23H2,1-4H3,(H,40,45)(H,41,44)(H,42,43)/b29-19+. The van der Waals surface area contributed by atoms with Gasteiger partial charge in [-0.2, -0.15) is 0 Å². The smallest absolute Gasteiger partial charge is 0.341 e. The maximum absolute atomic E-state index is 13.7. The average molecular weight is 744 g/mol. The largest absolute Gasteiger partial charge is 0.493 e. The number of anilines is 2. The fourth-order valence-electron chi connectivity index (χ4n) is 5.72. The summed E-state index contributed by atoms with van der Waals surface area (Å²) in [5.74, 6) is -0.521. The van der Waals surface area contributed by atoms with Crippen LogP contribution in [0.15, 0.2) is 77.3 Å². The van der Waals surface area contributed by atoms with Crippen LogP contribution in [0.25, 0.3) is 6.08 Å². The summed E-state index contributed by atoms with van der Waals surface area (Å²) in [5, 5.41) is 9.07.